The third kappa shape index (κ3) is 34.2. The van der Waals surface area contributed by atoms with Gasteiger partial charge in [0.2, 0.25) is 23.5 Å². The second kappa shape index (κ2) is 56.9. The van der Waals surface area contributed by atoms with E-state index in [1.54, 1.807) is 51.8 Å². The fraction of sp³-hybridized carbons (Fsp3) is 0.684. The molecular weight excluding hydrogens is 1720 g/mol. The highest BCUT2D eigenvalue weighted by atomic mass is 16.6. The SMILES string of the molecule is CO[C@H]1C[C@@H]2CC[C@@H](C)[C@@](O)(O2)C(=O)C(=O)N2CCCC[C@H]2C(=O)O[C@H]([C@H](C)C[C@@H]2CC[C@H](n3cc(CCCC(=O)NCCOCCOCCOCCOCCC(=O)NCCOCCOCCOCCOCCC(=O)NCCCCn4nc(-c5ccc6oc(N)nc6c5)c5c(N)ncnc54)nn3)[C@H](OC)C2)CC(=O)[C@H](C)/C=C(\C)[C@@H](O)[C@@H](OC)C(=O)[C@H](C)C[C@H](C)/C=C/C=C/C=C/1C. The minimum atomic E-state index is -2.48. The maximum absolute atomic E-state index is 14.8. The monoisotopic (exact) mass is 1870 g/mol. The number of carbonyl (C=O) groups excluding carboxylic acids is 8. The van der Waals surface area contributed by atoms with Crippen LogP contribution in [0, 0.1) is 35.5 Å². The lowest BCUT2D eigenvalue weighted by atomic mass is 9.77. The van der Waals surface area contributed by atoms with Crippen LogP contribution in [0.5, 0.6) is 0 Å². The zero-order valence-corrected chi connectivity index (χ0v) is 79.3. The fourth-order valence-corrected chi connectivity index (χ4v) is 17.2. The Morgan fingerprint density at radius 2 is 1.32 bits per heavy atom. The molecule has 3 aliphatic heterocycles. The molecule has 1 aliphatic carbocycles. The molecule has 9 N–H and O–H groups in total. The van der Waals surface area contributed by atoms with Crippen LogP contribution in [0.4, 0.5) is 11.8 Å². The molecule has 2 saturated heterocycles. The number of esters is 1. The number of piperidine rings is 1. The van der Waals surface area contributed by atoms with Crippen molar-refractivity contribution in [3.8, 4) is 11.3 Å². The van der Waals surface area contributed by atoms with Gasteiger partial charge in [0, 0.05) is 116 Å². The van der Waals surface area contributed by atoms with Crippen molar-refractivity contribution in [3.63, 3.8) is 0 Å². The van der Waals surface area contributed by atoms with Crippen LogP contribution in [-0.2, 0) is 113 Å². The topological polar surface area (TPSA) is 489 Å². The van der Waals surface area contributed by atoms with E-state index in [1.807, 2.05) is 81.1 Å². The standard InChI is InChI=1S/C95H144N14O24/c1-62-19-12-11-13-20-63(2)78(120-8)58-72-27-24-68(7)95(119,133-72)89(116)92(117)107-35-16-14-22-75(107)93(118)131-79(59-76(110)64(3)54-67(6)87(115)88(122-10)86(114)66(5)53-62)65(4)55-69-25-28-74(80(56-69)121-9)109-60-71(104-106-109)21-18-23-81(111)99-33-39-125-43-47-129-51-50-128-46-42-124-38-31-83(113)100-34-40-126-44-48-130-52-49-127-45-41-123-37-30-82(112)98-32-15-17-36-108-91-84(90(96)101-61-102-91)85(105-108)70-26-29-77-73(57-70)103-94(97)132-77/h11-13,19-20,26,29,54,57,60-62,64-66,68-69,72,74-75,78-80,87-88,115,119H,14-18,21-25,27-28,30-53,55-56,58-59H2,1-10H3,(H2,97,103)(H,98,112)(H,99,111)(H,100,113)(H2,96,101,102)/b13-11+,19-12+,63-20+,67-54+/t62-,64-,65-,66-,68-,69+,72+,74+,75+,78+,79+,80-,87-,88+,95-/m1/s1. The first-order valence-electron chi connectivity index (χ1n) is 47.1. The number of aliphatic hydroxyl groups excluding tert-OH is 1. The minimum Gasteiger partial charge on any atom is -0.460 e. The second-order valence-corrected chi connectivity index (χ2v) is 35.1. The summed E-state index contributed by atoms with van der Waals surface area (Å²) in [6.07, 6.45) is 18.0. The number of ketones is 3. The van der Waals surface area contributed by atoms with Crippen LogP contribution in [-0.4, -0.2) is 303 Å². The number of nitrogens with zero attached hydrogens (tertiary/aromatic N) is 9. The number of methoxy groups -OCH3 is 3. The number of amides is 4. The number of anilines is 2. The van der Waals surface area contributed by atoms with Crippen LogP contribution in [0.25, 0.3) is 33.4 Å². The number of aryl methyl sites for hydroxylation is 2. The Morgan fingerprint density at radius 3 is 1.97 bits per heavy atom. The molecule has 4 aromatic heterocycles. The highest BCUT2D eigenvalue weighted by Gasteiger charge is 2.53. The maximum Gasteiger partial charge on any atom is 0.329 e. The summed E-state index contributed by atoms with van der Waals surface area (Å²) in [4.78, 5) is 124. The molecule has 0 radical (unpaired) electrons. The number of cyclic esters (lactones) is 1. The number of hydrogen-bond acceptors (Lipinski definition) is 32. The molecule has 1 aromatic carbocycles. The molecule has 1 saturated carbocycles. The van der Waals surface area contributed by atoms with Gasteiger partial charge in [0.25, 0.3) is 17.7 Å². The van der Waals surface area contributed by atoms with E-state index in [1.165, 1.54) is 18.3 Å². The van der Waals surface area contributed by atoms with Crippen molar-refractivity contribution in [2.24, 2.45) is 35.5 Å². The van der Waals surface area contributed by atoms with Crippen LogP contribution < -0.4 is 27.4 Å². The number of benzene rings is 1. The summed E-state index contributed by atoms with van der Waals surface area (Å²) in [6.45, 7) is 19.9. The van der Waals surface area contributed by atoms with Gasteiger partial charge in [-0.15, -0.1) is 5.10 Å². The number of nitrogens with two attached hydrogens (primary N) is 2. The van der Waals surface area contributed by atoms with Gasteiger partial charge in [-0.25, -0.2) is 24.1 Å². The molecule has 0 unspecified atom stereocenters. The molecular formula is C95H144N14O24. The average molecular weight is 1870 g/mol. The normalized spacial score (nSPS) is 25.8. The van der Waals surface area contributed by atoms with Crippen LogP contribution >= 0.6 is 0 Å². The first-order valence-corrected chi connectivity index (χ1v) is 47.1. The number of hydrogen-bond donors (Lipinski definition) is 7. The van der Waals surface area contributed by atoms with Gasteiger partial charge in [-0.1, -0.05) is 76.3 Å². The molecule has 3 fully saturated rings. The largest absolute Gasteiger partial charge is 0.460 e. The molecule has 738 valence electrons. The molecule has 2 bridgehead atoms. The summed E-state index contributed by atoms with van der Waals surface area (Å²) < 4.78 is 84.0. The van der Waals surface area contributed by atoms with Crippen LogP contribution in [0.3, 0.4) is 0 Å². The number of Topliss-reactive ketones (excluding diaryl/α,β-unsaturated/α-hetero) is 3. The van der Waals surface area contributed by atoms with Crippen molar-refractivity contribution in [3.05, 3.63) is 84.0 Å². The molecule has 38 heteroatoms. The van der Waals surface area contributed by atoms with Gasteiger partial charge in [0.05, 0.1) is 141 Å². The van der Waals surface area contributed by atoms with E-state index >= 15 is 0 Å². The van der Waals surface area contributed by atoms with E-state index in [2.05, 4.69) is 41.2 Å². The zero-order valence-electron chi connectivity index (χ0n) is 79.3. The fourth-order valence-electron chi connectivity index (χ4n) is 17.2. The quantitative estimate of drug-likeness (QED) is 0.00844. The van der Waals surface area contributed by atoms with Crippen LogP contribution in [0.15, 0.2) is 82.7 Å². The van der Waals surface area contributed by atoms with Crippen molar-refractivity contribution in [2.75, 3.05) is 165 Å². The van der Waals surface area contributed by atoms with Gasteiger partial charge in [0.1, 0.15) is 53.5 Å². The van der Waals surface area contributed by atoms with Crippen molar-refractivity contribution in [1.29, 1.82) is 0 Å². The lowest BCUT2D eigenvalue weighted by Gasteiger charge is -2.42. The van der Waals surface area contributed by atoms with Crippen molar-refractivity contribution in [1.82, 2.24) is 60.6 Å². The van der Waals surface area contributed by atoms with Crippen LogP contribution in [0.2, 0.25) is 0 Å². The number of nitrogens with one attached hydrogen (secondary N) is 3. The van der Waals surface area contributed by atoms with E-state index in [0.717, 1.165) is 36.1 Å². The summed E-state index contributed by atoms with van der Waals surface area (Å²) >= 11 is 0. The predicted molar refractivity (Wildman–Crippen MR) is 492 cm³/mol. The summed E-state index contributed by atoms with van der Waals surface area (Å²) in [7, 11) is 4.60. The Hall–Kier alpha value is -9.26. The van der Waals surface area contributed by atoms with E-state index in [0.29, 0.717) is 222 Å². The van der Waals surface area contributed by atoms with Crippen molar-refractivity contribution >= 4 is 80.9 Å². The van der Waals surface area contributed by atoms with Gasteiger partial charge >= 0.3 is 5.97 Å². The Bertz CT molecular complexity index is 4590. The number of ether oxygens (including phenoxy) is 13. The molecule has 7 heterocycles. The predicted octanol–water partition coefficient (Wildman–Crippen LogP) is 7.83. The minimum absolute atomic E-state index is 0.0162. The molecule has 4 amide bonds. The molecule has 0 spiro atoms. The summed E-state index contributed by atoms with van der Waals surface area (Å²) in [6, 6.07) is 4.21. The Balaban J connectivity index is 0.577. The number of carbonyl (C=O) groups is 8. The molecule has 15 atom stereocenters. The summed E-state index contributed by atoms with van der Waals surface area (Å²) in [5.74, 6) is -8.49. The molecule has 38 nitrogen and oxygen atoms in total. The summed E-state index contributed by atoms with van der Waals surface area (Å²) in [5.41, 5.74) is 17.1. The maximum atomic E-state index is 14.8. The van der Waals surface area contributed by atoms with Crippen molar-refractivity contribution < 1.29 is 115 Å². The molecule has 133 heavy (non-hydrogen) atoms. The Kier molecular flexibility index (Phi) is 46.0. The molecule has 4 aliphatic rings. The van der Waals surface area contributed by atoms with Crippen LogP contribution in [0.1, 0.15) is 176 Å². The number of rotatable bonds is 47. The van der Waals surface area contributed by atoms with E-state index < -0.39 is 83.7 Å². The number of allylic oxidation sites excluding steroid dienone is 6. The number of aliphatic hydroxyl groups is 2. The number of fused-ring (bicyclic) bond motifs is 5. The lowest BCUT2D eigenvalue weighted by Crippen LogP contribution is -2.61. The third-order valence-electron chi connectivity index (χ3n) is 24.9. The van der Waals surface area contributed by atoms with Gasteiger partial charge in [-0.3, -0.25) is 33.6 Å². The van der Waals surface area contributed by atoms with Gasteiger partial charge in [-0.05, 0) is 151 Å². The Morgan fingerprint density at radius 1 is 0.684 bits per heavy atom. The van der Waals surface area contributed by atoms with E-state index in [-0.39, 0.29) is 118 Å². The Labute approximate surface area is 779 Å². The zero-order chi connectivity index (χ0) is 95.6. The first kappa shape index (κ1) is 107. The van der Waals surface area contributed by atoms with Crippen molar-refractivity contribution in [2.45, 2.75) is 232 Å². The first-order chi connectivity index (χ1) is 64.2. The molecule has 5 aromatic rings. The highest BCUT2D eigenvalue weighted by Crippen LogP contribution is 2.41. The average Bonchev–Trinajstić information content (AvgIpc) is 1.72. The van der Waals surface area contributed by atoms with Gasteiger partial charge in [0.15, 0.2) is 17.0 Å². The number of aromatic nitrogens is 8. The van der Waals surface area contributed by atoms with Gasteiger partial charge < -0.3 is 109 Å². The van der Waals surface area contributed by atoms with E-state index in [9.17, 15) is 48.6 Å². The number of oxazole rings is 1. The van der Waals surface area contributed by atoms with E-state index in [4.69, 9.17) is 82.6 Å². The highest BCUT2D eigenvalue weighted by molar-refractivity contribution is 6.39. The number of unbranched alkanes of at least 4 members (excludes halogenated alkanes) is 1. The second-order valence-electron chi connectivity index (χ2n) is 35.1. The number of nitrogen functional groups attached to an aromatic ring is 2. The lowest BCUT2D eigenvalue weighted by molar-refractivity contribution is -0.265. The third-order valence-corrected chi connectivity index (χ3v) is 24.9. The molecule has 9 rings (SSSR count). The smallest absolute Gasteiger partial charge is 0.329 e. The van der Waals surface area contributed by atoms with Gasteiger partial charge in [-0.2, -0.15) is 10.1 Å². The summed E-state index contributed by atoms with van der Waals surface area (Å²) in [5, 5.41) is 46.9.